The van der Waals surface area contributed by atoms with Crippen molar-refractivity contribution in [1.29, 1.82) is 5.26 Å². The van der Waals surface area contributed by atoms with E-state index in [4.69, 9.17) is 16.9 Å². The smallest absolute Gasteiger partial charge is 0.247 e. The lowest BCUT2D eigenvalue weighted by Gasteiger charge is -2.04. The van der Waals surface area contributed by atoms with Crippen molar-refractivity contribution in [1.82, 2.24) is 19.6 Å². The monoisotopic (exact) mass is 292 g/mol. The van der Waals surface area contributed by atoms with Crippen LogP contribution in [0.1, 0.15) is 11.4 Å². The van der Waals surface area contributed by atoms with Gasteiger partial charge in [0.1, 0.15) is 13.1 Å². The second kappa shape index (κ2) is 5.75. The SMILES string of the molecule is Cc1nn(CC(=O)Nc2ccn(CC#N)n2)c(C)c1Cl. The van der Waals surface area contributed by atoms with Gasteiger partial charge in [-0.15, -0.1) is 0 Å². The van der Waals surface area contributed by atoms with Crippen molar-refractivity contribution in [2.45, 2.75) is 26.9 Å². The minimum absolute atomic E-state index is 0.0600. The number of halogens is 1. The highest BCUT2D eigenvalue weighted by atomic mass is 35.5. The number of nitrogens with one attached hydrogen (secondary N) is 1. The van der Waals surface area contributed by atoms with E-state index in [2.05, 4.69) is 15.5 Å². The van der Waals surface area contributed by atoms with Gasteiger partial charge in [-0.05, 0) is 13.8 Å². The maximum atomic E-state index is 11.9. The van der Waals surface area contributed by atoms with Crippen LogP contribution in [0.25, 0.3) is 0 Å². The predicted octanol–water partition coefficient (Wildman–Crippen LogP) is 1.51. The molecule has 0 saturated carbocycles. The third kappa shape index (κ3) is 2.97. The minimum atomic E-state index is -0.255. The third-order valence-corrected chi connectivity index (χ3v) is 3.27. The van der Waals surface area contributed by atoms with Crippen LogP contribution >= 0.6 is 11.6 Å². The number of nitrogens with zero attached hydrogens (tertiary/aromatic N) is 5. The van der Waals surface area contributed by atoms with Crippen molar-refractivity contribution in [3.8, 4) is 6.07 Å². The van der Waals surface area contributed by atoms with Crippen LogP contribution in [0, 0.1) is 25.2 Å². The van der Waals surface area contributed by atoms with Crippen LogP contribution in [0.4, 0.5) is 5.82 Å². The number of amides is 1. The van der Waals surface area contributed by atoms with E-state index < -0.39 is 0 Å². The normalized spacial score (nSPS) is 10.3. The van der Waals surface area contributed by atoms with E-state index >= 15 is 0 Å². The molecule has 0 saturated heterocycles. The van der Waals surface area contributed by atoms with Crippen LogP contribution in [0.2, 0.25) is 5.02 Å². The summed E-state index contributed by atoms with van der Waals surface area (Å²) in [4.78, 5) is 11.9. The standard InChI is InChI=1S/C12H13ClN6O/c1-8-12(13)9(2)19(16-8)7-11(20)15-10-3-5-18(17-10)6-4-14/h3,5H,6-7H2,1-2H3,(H,15,17,20). The van der Waals surface area contributed by atoms with E-state index in [1.165, 1.54) is 4.68 Å². The molecule has 2 heterocycles. The molecule has 1 amide bonds. The molecule has 0 aromatic carbocycles. The van der Waals surface area contributed by atoms with Gasteiger partial charge in [-0.1, -0.05) is 11.6 Å². The molecule has 0 radical (unpaired) electrons. The molecule has 0 aliphatic heterocycles. The fourth-order valence-electron chi connectivity index (χ4n) is 1.74. The van der Waals surface area contributed by atoms with Gasteiger partial charge in [0.25, 0.3) is 0 Å². The van der Waals surface area contributed by atoms with Gasteiger partial charge in [0.15, 0.2) is 5.82 Å². The lowest BCUT2D eigenvalue weighted by Crippen LogP contribution is -2.20. The van der Waals surface area contributed by atoms with E-state index in [9.17, 15) is 4.79 Å². The molecule has 0 fully saturated rings. The van der Waals surface area contributed by atoms with Gasteiger partial charge >= 0.3 is 0 Å². The first-order chi connectivity index (χ1) is 9.51. The van der Waals surface area contributed by atoms with Crippen molar-refractivity contribution in [2.24, 2.45) is 0 Å². The van der Waals surface area contributed by atoms with Crippen LogP contribution < -0.4 is 5.32 Å². The molecule has 0 atom stereocenters. The first-order valence-electron chi connectivity index (χ1n) is 5.91. The fraction of sp³-hybridized carbons (Fsp3) is 0.333. The number of aromatic nitrogens is 4. The molecule has 0 bridgehead atoms. The van der Waals surface area contributed by atoms with Crippen molar-refractivity contribution >= 4 is 23.3 Å². The molecular weight excluding hydrogens is 280 g/mol. The average Bonchev–Trinajstić information content (AvgIpc) is 2.92. The number of nitriles is 1. The number of hydrogen-bond donors (Lipinski definition) is 1. The second-order valence-corrected chi connectivity index (χ2v) is 4.63. The number of aryl methyl sites for hydroxylation is 1. The summed E-state index contributed by atoms with van der Waals surface area (Å²) in [5, 5.41) is 20.0. The second-order valence-electron chi connectivity index (χ2n) is 4.25. The first-order valence-corrected chi connectivity index (χ1v) is 6.29. The van der Waals surface area contributed by atoms with Crippen LogP contribution in [0.15, 0.2) is 12.3 Å². The van der Waals surface area contributed by atoms with E-state index in [0.717, 1.165) is 5.69 Å². The summed E-state index contributed by atoms with van der Waals surface area (Å²) in [6.45, 7) is 3.79. The van der Waals surface area contributed by atoms with Gasteiger partial charge in [-0.3, -0.25) is 14.2 Å². The Kier molecular flexibility index (Phi) is 4.05. The van der Waals surface area contributed by atoms with Crippen LogP contribution in [-0.4, -0.2) is 25.5 Å². The van der Waals surface area contributed by atoms with E-state index in [1.807, 2.05) is 6.07 Å². The van der Waals surface area contributed by atoms with Gasteiger partial charge in [0.05, 0.1) is 22.5 Å². The Bertz CT molecular complexity index is 681. The Morgan fingerprint density at radius 1 is 1.50 bits per heavy atom. The summed E-state index contributed by atoms with van der Waals surface area (Å²) < 4.78 is 2.98. The highest BCUT2D eigenvalue weighted by Gasteiger charge is 2.12. The molecule has 2 aromatic heterocycles. The maximum Gasteiger partial charge on any atom is 0.247 e. The molecule has 0 aliphatic carbocycles. The Morgan fingerprint density at radius 3 is 2.85 bits per heavy atom. The Morgan fingerprint density at radius 2 is 2.25 bits per heavy atom. The molecule has 0 spiro atoms. The molecule has 0 unspecified atom stereocenters. The van der Waals surface area contributed by atoms with E-state index in [0.29, 0.717) is 16.5 Å². The molecular formula is C12H13ClN6O. The van der Waals surface area contributed by atoms with Crippen molar-refractivity contribution in [3.05, 3.63) is 28.7 Å². The zero-order chi connectivity index (χ0) is 14.7. The maximum absolute atomic E-state index is 11.9. The molecule has 8 heteroatoms. The molecule has 0 aliphatic rings. The summed E-state index contributed by atoms with van der Waals surface area (Å²) in [5.41, 5.74) is 1.43. The van der Waals surface area contributed by atoms with Crippen molar-refractivity contribution in [2.75, 3.05) is 5.32 Å². The summed E-state index contributed by atoms with van der Waals surface area (Å²) in [6, 6.07) is 3.59. The predicted molar refractivity (Wildman–Crippen MR) is 73.2 cm³/mol. The van der Waals surface area contributed by atoms with Crippen molar-refractivity contribution in [3.63, 3.8) is 0 Å². The quantitative estimate of drug-likeness (QED) is 0.925. The Labute approximate surface area is 120 Å². The molecule has 2 rings (SSSR count). The lowest BCUT2D eigenvalue weighted by molar-refractivity contribution is -0.117. The summed E-state index contributed by atoms with van der Waals surface area (Å²) in [7, 11) is 0. The van der Waals surface area contributed by atoms with Crippen LogP contribution in [0.3, 0.4) is 0 Å². The molecule has 20 heavy (non-hydrogen) atoms. The molecule has 2 aromatic rings. The minimum Gasteiger partial charge on any atom is -0.308 e. The van der Waals surface area contributed by atoms with Crippen LogP contribution in [-0.2, 0) is 17.9 Å². The number of rotatable bonds is 4. The number of carbonyl (C=O) groups excluding carboxylic acids is 1. The van der Waals surface area contributed by atoms with E-state index in [-0.39, 0.29) is 19.0 Å². The first kappa shape index (κ1) is 14.1. The Hall–Kier alpha value is -2.33. The zero-order valence-electron chi connectivity index (χ0n) is 11.1. The fourth-order valence-corrected chi connectivity index (χ4v) is 1.87. The van der Waals surface area contributed by atoms with Gasteiger partial charge in [-0.25, -0.2) is 0 Å². The third-order valence-electron chi connectivity index (χ3n) is 2.73. The van der Waals surface area contributed by atoms with Gasteiger partial charge in [-0.2, -0.15) is 15.5 Å². The topological polar surface area (TPSA) is 88.5 Å². The average molecular weight is 293 g/mol. The van der Waals surface area contributed by atoms with Gasteiger partial charge in [0.2, 0.25) is 5.91 Å². The zero-order valence-corrected chi connectivity index (χ0v) is 11.8. The summed E-state index contributed by atoms with van der Waals surface area (Å²) >= 11 is 6.02. The summed E-state index contributed by atoms with van der Waals surface area (Å²) in [6.07, 6.45) is 1.62. The summed E-state index contributed by atoms with van der Waals surface area (Å²) in [5.74, 6) is 0.146. The largest absolute Gasteiger partial charge is 0.308 e. The Balaban J connectivity index is 2.01. The van der Waals surface area contributed by atoms with Crippen LogP contribution in [0.5, 0.6) is 0 Å². The number of carbonyl (C=O) groups is 1. The highest BCUT2D eigenvalue weighted by molar-refractivity contribution is 6.31. The van der Waals surface area contributed by atoms with E-state index in [1.54, 1.807) is 30.8 Å². The molecule has 7 nitrogen and oxygen atoms in total. The number of hydrogen-bond acceptors (Lipinski definition) is 4. The lowest BCUT2D eigenvalue weighted by atomic mass is 10.4. The molecule has 1 N–H and O–H groups in total. The number of anilines is 1. The van der Waals surface area contributed by atoms with Gasteiger partial charge in [0, 0.05) is 12.3 Å². The molecule has 104 valence electrons. The van der Waals surface area contributed by atoms with Gasteiger partial charge < -0.3 is 5.32 Å². The van der Waals surface area contributed by atoms with Crippen molar-refractivity contribution < 1.29 is 4.79 Å². The highest BCUT2D eigenvalue weighted by Crippen LogP contribution is 2.18.